The van der Waals surface area contributed by atoms with E-state index < -0.39 is 16.0 Å². The maximum atomic E-state index is 12.3. The quantitative estimate of drug-likeness (QED) is 0.921. The number of carbonyl (C=O) groups is 1. The summed E-state index contributed by atoms with van der Waals surface area (Å²) in [4.78, 5) is 12.1. The molecule has 1 amide bonds. The Labute approximate surface area is 127 Å². The molecule has 0 aliphatic carbocycles. The third-order valence-corrected chi connectivity index (χ3v) is 4.96. The van der Waals surface area contributed by atoms with E-state index in [1.165, 1.54) is 0 Å². The van der Waals surface area contributed by atoms with Crippen molar-refractivity contribution >= 4 is 22.4 Å². The molecule has 0 saturated heterocycles. The van der Waals surface area contributed by atoms with Gasteiger partial charge in [-0.2, -0.15) is 0 Å². The van der Waals surface area contributed by atoms with E-state index in [0.717, 1.165) is 16.8 Å². The number of amides is 1. The summed E-state index contributed by atoms with van der Waals surface area (Å²) in [7, 11) is -1.24. The monoisotopic (exact) mass is 301 g/mol. The standard InChI is InChI=1S/C17H19NO2S/c1-13-8-6-7-9-15(13)12-21(20)14(2)17(19)18-16-10-4-3-5-11-16/h3-11,14H,12H2,1-2H3,(H,18,19). The van der Waals surface area contributed by atoms with E-state index in [1.807, 2.05) is 61.5 Å². The highest BCUT2D eigenvalue weighted by Crippen LogP contribution is 2.13. The lowest BCUT2D eigenvalue weighted by molar-refractivity contribution is -0.115. The molecule has 0 spiro atoms. The van der Waals surface area contributed by atoms with E-state index in [0.29, 0.717) is 5.75 Å². The van der Waals surface area contributed by atoms with Crippen molar-refractivity contribution in [2.24, 2.45) is 0 Å². The Hall–Kier alpha value is -1.94. The van der Waals surface area contributed by atoms with Crippen molar-refractivity contribution < 1.29 is 9.00 Å². The first-order valence-electron chi connectivity index (χ1n) is 6.85. The van der Waals surface area contributed by atoms with Crippen LogP contribution in [0.1, 0.15) is 18.1 Å². The van der Waals surface area contributed by atoms with Gasteiger partial charge in [-0.1, -0.05) is 42.5 Å². The normalized spacial score (nSPS) is 13.4. The van der Waals surface area contributed by atoms with E-state index in [1.54, 1.807) is 6.92 Å². The first-order valence-corrected chi connectivity index (χ1v) is 8.23. The SMILES string of the molecule is Cc1ccccc1CS(=O)C(C)C(=O)Nc1ccccc1. The average molecular weight is 301 g/mol. The van der Waals surface area contributed by atoms with Gasteiger partial charge in [0.15, 0.2) is 0 Å². The van der Waals surface area contributed by atoms with Gasteiger partial charge in [-0.15, -0.1) is 0 Å². The molecule has 2 aromatic carbocycles. The molecule has 0 aliphatic rings. The van der Waals surface area contributed by atoms with E-state index in [4.69, 9.17) is 0 Å². The fourth-order valence-electron chi connectivity index (χ4n) is 1.94. The molecule has 2 rings (SSSR count). The maximum absolute atomic E-state index is 12.3. The van der Waals surface area contributed by atoms with E-state index >= 15 is 0 Å². The number of hydrogen-bond acceptors (Lipinski definition) is 2. The molecule has 0 fully saturated rings. The van der Waals surface area contributed by atoms with E-state index in [2.05, 4.69) is 5.32 Å². The highest BCUT2D eigenvalue weighted by molar-refractivity contribution is 7.85. The summed E-state index contributed by atoms with van der Waals surface area (Å²) in [5.41, 5.74) is 2.85. The minimum Gasteiger partial charge on any atom is -0.325 e. The van der Waals surface area contributed by atoms with Gasteiger partial charge >= 0.3 is 0 Å². The van der Waals surface area contributed by atoms with Gasteiger partial charge in [-0.05, 0) is 37.1 Å². The summed E-state index contributed by atoms with van der Waals surface area (Å²) in [6.45, 7) is 3.69. The van der Waals surface area contributed by atoms with Crippen LogP contribution in [0.4, 0.5) is 5.69 Å². The lowest BCUT2D eigenvalue weighted by Crippen LogP contribution is -2.29. The molecule has 0 radical (unpaired) electrons. The van der Waals surface area contributed by atoms with Gasteiger partial charge in [0.2, 0.25) is 5.91 Å². The van der Waals surface area contributed by atoms with Crippen LogP contribution < -0.4 is 5.32 Å². The van der Waals surface area contributed by atoms with E-state index in [-0.39, 0.29) is 5.91 Å². The van der Waals surface area contributed by atoms with Crippen molar-refractivity contribution in [2.45, 2.75) is 24.9 Å². The fraction of sp³-hybridized carbons (Fsp3) is 0.235. The Kier molecular flexibility index (Phi) is 5.28. The zero-order chi connectivity index (χ0) is 15.2. The summed E-state index contributed by atoms with van der Waals surface area (Å²) in [6.07, 6.45) is 0. The van der Waals surface area contributed by atoms with Gasteiger partial charge in [-0.3, -0.25) is 9.00 Å². The second kappa shape index (κ2) is 7.18. The van der Waals surface area contributed by atoms with Crippen molar-refractivity contribution in [3.63, 3.8) is 0 Å². The van der Waals surface area contributed by atoms with Gasteiger partial charge in [0, 0.05) is 22.2 Å². The first-order chi connectivity index (χ1) is 10.1. The molecule has 2 aromatic rings. The van der Waals surface area contributed by atoms with Crippen LogP contribution in [0, 0.1) is 6.92 Å². The van der Waals surface area contributed by atoms with Crippen LogP contribution in [-0.4, -0.2) is 15.4 Å². The molecule has 1 N–H and O–H groups in total. The zero-order valence-electron chi connectivity index (χ0n) is 12.2. The number of rotatable bonds is 5. The minimum absolute atomic E-state index is 0.215. The summed E-state index contributed by atoms with van der Waals surface area (Å²) in [5.74, 6) is 0.184. The van der Waals surface area contributed by atoms with Crippen LogP contribution in [0.3, 0.4) is 0 Å². The Balaban J connectivity index is 1.99. The fourth-order valence-corrected chi connectivity index (χ4v) is 3.11. The number of aryl methyl sites for hydroxylation is 1. The van der Waals surface area contributed by atoms with Gasteiger partial charge in [0.1, 0.15) is 5.25 Å². The predicted octanol–water partition coefficient (Wildman–Crippen LogP) is 3.27. The summed E-state index contributed by atoms with van der Waals surface area (Å²) in [5, 5.41) is 2.24. The van der Waals surface area contributed by atoms with E-state index in [9.17, 15) is 9.00 Å². The van der Waals surface area contributed by atoms with Crippen LogP contribution in [-0.2, 0) is 21.3 Å². The predicted molar refractivity (Wildman–Crippen MR) is 87.6 cm³/mol. The highest BCUT2D eigenvalue weighted by Gasteiger charge is 2.20. The summed E-state index contributed by atoms with van der Waals surface area (Å²) >= 11 is 0. The molecule has 4 heteroatoms. The van der Waals surface area contributed by atoms with Crippen LogP contribution in [0.2, 0.25) is 0 Å². The first kappa shape index (κ1) is 15.4. The van der Waals surface area contributed by atoms with Crippen molar-refractivity contribution in [1.29, 1.82) is 0 Å². The lowest BCUT2D eigenvalue weighted by Gasteiger charge is -2.13. The largest absolute Gasteiger partial charge is 0.325 e. The van der Waals surface area contributed by atoms with Crippen molar-refractivity contribution in [3.05, 3.63) is 65.7 Å². The Morgan fingerprint density at radius 1 is 1.10 bits per heavy atom. The molecule has 3 nitrogen and oxygen atoms in total. The van der Waals surface area contributed by atoms with Gasteiger partial charge in [0.25, 0.3) is 0 Å². The second-order valence-corrected chi connectivity index (χ2v) is 6.71. The molecule has 0 aromatic heterocycles. The molecule has 110 valence electrons. The van der Waals surface area contributed by atoms with Crippen molar-refractivity contribution in [3.8, 4) is 0 Å². The Morgan fingerprint density at radius 2 is 1.71 bits per heavy atom. The third-order valence-electron chi connectivity index (χ3n) is 3.36. The van der Waals surface area contributed by atoms with Gasteiger partial charge in [-0.25, -0.2) is 0 Å². The molecule has 0 heterocycles. The summed E-state index contributed by atoms with van der Waals surface area (Å²) < 4.78 is 12.3. The number of hydrogen-bond donors (Lipinski definition) is 1. The molecule has 0 saturated carbocycles. The lowest BCUT2D eigenvalue weighted by atomic mass is 10.1. The smallest absolute Gasteiger partial charge is 0.239 e. The average Bonchev–Trinajstić information content (AvgIpc) is 2.49. The second-order valence-electron chi connectivity index (χ2n) is 4.95. The zero-order valence-corrected chi connectivity index (χ0v) is 13.0. The molecule has 0 bridgehead atoms. The molecular formula is C17H19NO2S. The number of carbonyl (C=O) groups excluding carboxylic acids is 1. The molecule has 2 unspecified atom stereocenters. The number of anilines is 1. The number of benzene rings is 2. The Bertz CT molecular complexity index is 640. The van der Waals surface area contributed by atoms with Crippen LogP contribution in [0.25, 0.3) is 0 Å². The Morgan fingerprint density at radius 3 is 2.38 bits per heavy atom. The molecule has 0 aliphatic heterocycles. The highest BCUT2D eigenvalue weighted by atomic mass is 32.2. The topological polar surface area (TPSA) is 46.2 Å². The number of nitrogens with one attached hydrogen (secondary N) is 1. The maximum Gasteiger partial charge on any atom is 0.239 e. The van der Waals surface area contributed by atoms with Gasteiger partial charge in [0.05, 0.1) is 0 Å². The van der Waals surface area contributed by atoms with Crippen molar-refractivity contribution in [1.82, 2.24) is 0 Å². The van der Waals surface area contributed by atoms with Gasteiger partial charge < -0.3 is 5.32 Å². The van der Waals surface area contributed by atoms with Crippen molar-refractivity contribution in [2.75, 3.05) is 5.32 Å². The minimum atomic E-state index is -1.24. The molecular weight excluding hydrogens is 282 g/mol. The molecule has 21 heavy (non-hydrogen) atoms. The molecule has 2 atom stereocenters. The summed E-state index contributed by atoms with van der Waals surface area (Å²) in [6, 6.07) is 17.0. The van der Waals surface area contributed by atoms with Crippen LogP contribution in [0.15, 0.2) is 54.6 Å². The third kappa shape index (κ3) is 4.26. The number of para-hydroxylation sites is 1. The van der Waals surface area contributed by atoms with Crippen LogP contribution in [0.5, 0.6) is 0 Å². The van der Waals surface area contributed by atoms with Crippen LogP contribution >= 0.6 is 0 Å².